The normalized spacial score (nSPS) is 12.4. The van der Waals surface area contributed by atoms with Gasteiger partial charge in [0, 0.05) is 4.83 Å². The van der Waals surface area contributed by atoms with Crippen LogP contribution in [0.15, 0.2) is 42.5 Å². The molecule has 0 aliphatic heterocycles. The Morgan fingerprint density at radius 3 is 2.17 bits per heavy atom. The Hall–Kier alpha value is -1.08. The first kappa shape index (κ1) is 13.4. The van der Waals surface area contributed by atoms with Gasteiger partial charge in [-0.05, 0) is 43.9 Å². The van der Waals surface area contributed by atoms with Crippen LogP contribution in [-0.2, 0) is 6.42 Å². The summed E-state index contributed by atoms with van der Waals surface area (Å²) in [5.74, 6) is 0. The summed E-state index contributed by atoms with van der Waals surface area (Å²) in [4.78, 5) is 0.389. The van der Waals surface area contributed by atoms with Crippen molar-refractivity contribution in [2.45, 2.75) is 32.0 Å². The highest BCUT2D eigenvalue weighted by Gasteiger charge is 2.11. The average Bonchev–Trinajstić information content (AvgIpc) is 2.35. The maximum absolute atomic E-state index is 3.83. The Balaban J connectivity index is 2.18. The van der Waals surface area contributed by atoms with E-state index in [-0.39, 0.29) is 0 Å². The molecule has 0 heterocycles. The molecule has 0 bridgehead atoms. The summed E-state index contributed by atoms with van der Waals surface area (Å²) in [5, 5.41) is 0. The zero-order valence-corrected chi connectivity index (χ0v) is 12.8. The van der Waals surface area contributed by atoms with Gasteiger partial charge in [0.2, 0.25) is 0 Å². The fraction of sp³-hybridized carbons (Fsp3) is 0.294. The van der Waals surface area contributed by atoms with Crippen LogP contribution in [0.1, 0.15) is 32.6 Å². The van der Waals surface area contributed by atoms with E-state index in [0.29, 0.717) is 4.83 Å². The summed E-state index contributed by atoms with van der Waals surface area (Å²) in [6, 6.07) is 15.4. The van der Waals surface area contributed by atoms with Crippen LogP contribution >= 0.6 is 15.9 Å². The van der Waals surface area contributed by atoms with Crippen LogP contribution in [0.3, 0.4) is 0 Å². The second kappa shape index (κ2) is 5.71. The van der Waals surface area contributed by atoms with Crippen LogP contribution in [0.25, 0.3) is 0 Å². The van der Waals surface area contributed by atoms with Gasteiger partial charge in [0.05, 0.1) is 0 Å². The lowest BCUT2D eigenvalue weighted by atomic mass is 9.98. The van der Waals surface area contributed by atoms with Crippen molar-refractivity contribution in [2.24, 2.45) is 0 Å². The minimum Gasteiger partial charge on any atom is -0.0835 e. The van der Waals surface area contributed by atoms with Gasteiger partial charge in [-0.2, -0.15) is 0 Å². The number of alkyl halides is 1. The largest absolute Gasteiger partial charge is 0.0835 e. The molecule has 18 heavy (non-hydrogen) atoms. The van der Waals surface area contributed by atoms with Gasteiger partial charge in [0.25, 0.3) is 0 Å². The lowest BCUT2D eigenvalue weighted by Crippen LogP contribution is -1.98. The van der Waals surface area contributed by atoms with Gasteiger partial charge in [-0.25, -0.2) is 0 Å². The highest BCUT2D eigenvalue weighted by atomic mass is 79.9. The Bertz CT molecular complexity index is 526. The third-order valence-corrected chi connectivity index (χ3v) is 4.12. The molecule has 0 radical (unpaired) electrons. The Labute approximate surface area is 118 Å². The lowest BCUT2D eigenvalue weighted by molar-refractivity contribution is 0.935. The monoisotopic (exact) mass is 302 g/mol. The number of halogens is 1. The average molecular weight is 303 g/mol. The summed E-state index contributed by atoms with van der Waals surface area (Å²) in [5.41, 5.74) is 6.77. The Morgan fingerprint density at radius 2 is 1.50 bits per heavy atom. The van der Waals surface area contributed by atoms with E-state index in [1.807, 2.05) is 0 Å². The van der Waals surface area contributed by atoms with E-state index in [0.717, 1.165) is 6.42 Å². The summed E-state index contributed by atoms with van der Waals surface area (Å²) in [7, 11) is 0. The number of hydrogen-bond acceptors (Lipinski definition) is 0. The molecule has 0 N–H and O–H groups in total. The molecule has 0 nitrogen and oxygen atoms in total. The smallest absolute Gasteiger partial charge is 0.0438 e. The maximum atomic E-state index is 3.83. The Kier molecular flexibility index (Phi) is 4.23. The van der Waals surface area contributed by atoms with Gasteiger partial charge in [0.15, 0.2) is 0 Å². The van der Waals surface area contributed by atoms with Crippen molar-refractivity contribution in [3.8, 4) is 0 Å². The van der Waals surface area contributed by atoms with Crippen molar-refractivity contribution >= 4 is 15.9 Å². The van der Waals surface area contributed by atoms with Gasteiger partial charge in [-0.15, -0.1) is 0 Å². The molecule has 0 saturated heterocycles. The van der Waals surface area contributed by atoms with Crippen molar-refractivity contribution in [3.05, 3.63) is 70.3 Å². The summed E-state index contributed by atoms with van der Waals surface area (Å²) < 4.78 is 0. The van der Waals surface area contributed by atoms with E-state index in [1.165, 1.54) is 27.8 Å². The molecule has 0 saturated carbocycles. The van der Waals surface area contributed by atoms with Gasteiger partial charge in [-0.3, -0.25) is 0 Å². The zero-order chi connectivity index (χ0) is 13.1. The molecule has 94 valence electrons. The van der Waals surface area contributed by atoms with Gasteiger partial charge in [0.1, 0.15) is 0 Å². The van der Waals surface area contributed by atoms with E-state index in [1.54, 1.807) is 0 Å². The molecule has 0 aliphatic rings. The number of hydrogen-bond donors (Lipinski definition) is 0. The van der Waals surface area contributed by atoms with Crippen LogP contribution in [-0.4, -0.2) is 0 Å². The number of rotatable bonds is 3. The quantitative estimate of drug-likeness (QED) is 0.676. The molecule has 1 heteroatoms. The SMILES string of the molecule is Cc1ccc(CC(Br)c2cc(C)ccc2C)cc1. The predicted octanol–water partition coefficient (Wildman–Crippen LogP) is 5.29. The van der Waals surface area contributed by atoms with Gasteiger partial charge in [-0.1, -0.05) is 69.5 Å². The fourth-order valence-electron chi connectivity index (χ4n) is 2.14. The van der Waals surface area contributed by atoms with Crippen LogP contribution in [0, 0.1) is 20.8 Å². The molecule has 0 fully saturated rings. The van der Waals surface area contributed by atoms with E-state index in [2.05, 4.69) is 79.2 Å². The molecule has 2 rings (SSSR count). The number of benzene rings is 2. The molecular weight excluding hydrogens is 284 g/mol. The van der Waals surface area contributed by atoms with E-state index >= 15 is 0 Å². The van der Waals surface area contributed by atoms with E-state index < -0.39 is 0 Å². The second-order valence-electron chi connectivity index (χ2n) is 5.02. The molecule has 1 unspecified atom stereocenters. The molecular formula is C17H19Br. The first-order valence-corrected chi connectivity index (χ1v) is 7.24. The topological polar surface area (TPSA) is 0 Å². The van der Waals surface area contributed by atoms with Gasteiger partial charge < -0.3 is 0 Å². The Morgan fingerprint density at radius 1 is 0.889 bits per heavy atom. The third kappa shape index (κ3) is 3.23. The molecule has 0 spiro atoms. The lowest BCUT2D eigenvalue weighted by Gasteiger charge is -2.14. The standard InChI is InChI=1S/C17H19Br/c1-12-5-8-15(9-6-12)11-17(18)16-10-13(2)4-7-14(16)3/h4-10,17H,11H2,1-3H3. The van der Waals surface area contributed by atoms with Crippen LogP contribution in [0.2, 0.25) is 0 Å². The minimum absolute atomic E-state index is 0.389. The first-order valence-electron chi connectivity index (χ1n) is 6.33. The summed E-state index contributed by atoms with van der Waals surface area (Å²) in [6.07, 6.45) is 1.03. The van der Waals surface area contributed by atoms with E-state index in [9.17, 15) is 0 Å². The predicted molar refractivity (Wildman–Crippen MR) is 82.5 cm³/mol. The van der Waals surface area contributed by atoms with Crippen molar-refractivity contribution in [1.29, 1.82) is 0 Å². The van der Waals surface area contributed by atoms with Gasteiger partial charge >= 0.3 is 0 Å². The molecule has 0 aromatic heterocycles. The van der Waals surface area contributed by atoms with Crippen molar-refractivity contribution in [3.63, 3.8) is 0 Å². The van der Waals surface area contributed by atoms with Crippen molar-refractivity contribution < 1.29 is 0 Å². The maximum Gasteiger partial charge on any atom is 0.0438 e. The zero-order valence-electron chi connectivity index (χ0n) is 11.2. The molecule has 2 aromatic carbocycles. The van der Waals surface area contributed by atoms with Crippen LogP contribution < -0.4 is 0 Å². The third-order valence-electron chi connectivity index (χ3n) is 3.31. The van der Waals surface area contributed by atoms with Crippen LogP contribution in [0.4, 0.5) is 0 Å². The number of aryl methyl sites for hydroxylation is 3. The minimum atomic E-state index is 0.389. The fourth-order valence-corrected chi connectivity index (χ4v) is 3.01. The highest BCUT2D eigenvalue weighted by molar-refractivity contribution is 9.09. The molecule has 2 aromatic rings. The molecule has 0 amide bonds. The first-order chi connectivity index (χ1) is 8.56. The second-order valence-corrected chi connectivity index (χ2v) is 6.12. The van der Waals surface area contributed by atoms with E-state index in [4.69, 9.17) is 0 Å². The van der Waals surface area contributed by atoms with Crippen molar-refractivity contribution in [1.82, 2.24) is 0 Å². The van der Waals surface area contributed by atoms with Crippen LogP contribution in [0.5, 0.6) is 0 Å². The molecule has 0 aliphatic carbocycles. The van der Waals surface area contributed by atoms with Crippen molar-refractivity contribution in [2.75, 3.05) is 0 Å². The summed E-state index contributed by atoms with van der Waals surface area (Å²) in [6.45, 7) is 6.45. The summed E-state index contributed by atoms with van der Waals surface area (Å²) >= 11 is 3.83. The highest BCUT2D eigenvalue weighted by Crippen LogP contribution is 2.30. The molecule has 1 atom stereocenters.